The maximum absolute atomic E-state index is 14.7. The first-order chi connectivity index (χ1) is 13.6. The molecule has 0 radical (unpaired) electrons. The van der Waals surface area contributed by atoms with Gasteiger partial charge in [0, 0.05) is 50.1 Å². The van der Waals surface area contributed by atoms with Crippen molar-refractivity contribution in [2.75, 3.05) is 13.2 Å². The summed E-state index contributed by atoms with van der Waals surface area (Å²) in [4.78, 5) is 8.59. The quantitative estimate of drug-likeness (QED) is 0.510. The number of rotatable bonds is 3. The van der Waals surface area contributed by atoms with Crippen molar-refractivity contribution < 1.29 is 9.13 Å². The molecule has 144 valence electrons. The van der Waals surface area contributed by atoms with Crippen LogP contribution in [0.4, 0.5) is 4.39 Å². The Balaban J connectivity index is 1.74. The molecule has 7 nitrogen and oxygen atoms in total. The van der Waals surface area contributed by atoms with E-state index in [2.05, 4.69) is 21.4 Å². The summed E-state index contributed by atoms with van der Waals surface area (Å²) in [6, 6.07) is 3.90. The van der Waals surface area contributed by atoms with Gasteiger partial charge in [0.15, 0.2) is 0 Å². The van der Waals surface area contributed by atoms with Crippen molar-refractivity contribution in [1.82, 2.24) is 29.5 Å². The van der Waals surface area contributed by atoms with Gasteiger partial charge in [0.25, 0.3) is 0 Å². The fourth-order valence-corrected chi connectivity index (χ4v) is 4.23. The van der Waals surface area contributed by atoms with Crippen LogP contribution in [0.15, 0.2) is 24.5 Å². The Morgan fingerprint density at radius 3 is 2.82 bits per heavy atom. The lowest BCUT2D eigenvalue weighted by Gasteiger charge is -2.23. The average Bonchev–Trinajstić information content (AvgIpc) is 3.20. The van der Waals surface area contributed by atoms with E-state index in [1.54, 1.807) is 4.68 Å². The largest absolute Gasteiger partial charge is 0.381 e. The highest BCUT2D eigenvalue weighted by atomic mass is 19.1. The van der Waals surface area contributed by atoms with Gasteiger partial charge in [-0.1, -0.05) is 5.21 Å². The van der Waals surface area contributed by atoms with Gasteiger partial charge in [0.05, 0.1) is 22.4 Å². The second-order valence-corrected chi connectivity index (χ2v) is 7.40. The molecular formula is C20H21FN6O. The van der Waals surface area contributed by atoms with Gasteiger partial charge in [-0.25, -0.2) is 9.67 Å². The summed E-state index contributed by atoms with van der Waals surface area (Å²) < 4.78 is 24.0. The third-order valence-corrected chi connectivity index (χ3v) is 5.61. The molecule has 0 atom stereocenters. The van der Waals surface area contributed by atoms with E-state index in [9.17, 15) is 4.39 Å². The van der Waals surface area contributed by atoms with Crippen LogP contribution in [0, 0.1) is 18.8 Å². The third kappa shape index (κ3) is 2.67. The smallest absolute Gasteiger partial charge is 0.237 e. The first-order valence-electron chi connectivity index (χ1n) is 9.50. The zero-order valence-electron chi connectivity index (χ0n) is 15.9. The second-order valence-electron chi connectivity index (χ2n) is 7.40. The van der Waals surface area contributed by atoms with Crippen molar-refractivity contribution in [1.29, 1.82) is 0 Å². The van der Waals surface area contributed by atoms with Crippen molar-refractivity contribution in [2.24, 2.45) is 13.0 Å². The molecule has 8 heteroatoms. The van der Waals surface area contributed by atoms with Gasteiger partial charge in [0.2, 0.25) is 5.95 Å². The lowest BCUT2D eigenvalue weighted by molar-refractivity contribution is 0.0619. The minimum atomic E-state index is -0.456. The zero-order valence-corrected chi connectivity index (χ0v) is 15.9. The number of nitrogens with zero attached hydrogens (tertiary/aromatic N) is 6. The molecule has 0 spiro atoms. The van der Waals surface area contributed by atoms with Gasteiger partial charge < -0.3 is 9.30 Å². The van der Waals surface area contributed by atoms with Crippen molar-refractivity contribution in [3.05, 3.63) is 36.2 Å². The predicted molar refractivity (Wildman–Crippen MR) is 103 cm³/mol. The van der Waals surface area contributed by atoms with E-state index in [1.807, 2.05) is 30.8 Å². The van der Waals surface area contributed by atoms with Crippen molar-refractivity contribution in [3.8, 4) is 11.3 Å². The maximum atomic E-state index is 14.7. The Labute approximate surface area is 161 Å². The number of halogens is 1. The molecule has 1 aliphatic rings. The van der Waals surface area contributed by atoms with Crippen LogP contribution in [0.1, 0.15) is 18.5 Å². The molecule has 5 heterocycles. The molecule has 0 saturated carbocycles. The number of ether oxygens (including phenoxy) is 1. The summed E-state index contributed by atoms with van der Waals surface area (Å²) in [6.07, 6.45) is 5.26. The highest BCUT2D eigenvalue weighted by molar-refractivity contribution is 6.06. The fourth-order valence-electron chi connectivity index (χ4n) is 4.23. The number of hydrogen-bond acceptors (Lipinski definition) is 5. The van der Waals surface area contributed by atoms with Gasteiger partial charge in [0.1, 0.15) is 5.52 Å². The normalized spacial score (nSPS) is 15.7. The third-order valence-electron chi connectivity index (χ3n) is 5.61. The monoisotopic (exact) mass is 380 g/mol. The van der Waals surface area contributed by atoms with Crippen LogP contribution in [0.3, 0.4) is 0 Å². The second kappa shape index (κ2) is 6.63. The Bertz CT molecular complexity index is 1160. The first kappa shape index (κ1) is 17.2. The molecule has 4 aromatic rings. The van der Waals surface area contributed by atoms with E-state index in [4.69, 9.17) is 9.72 Å². The number of pyridine rings is 2. The molecule has 0 N–H and O–H groups in total. The molecule has 1 aliphatic heterocycles. The van der Waals surface area contributed by atoms with Gasteiger partial charge in [-0.05, 0) is 37.8 Å². The van der Waals surface area contributed by atoms with Crippen LogP contribution >= 0.6 is 0 Å². The Hall–Kier alpha value is -2.87. The number of fused-ring (bicyclic) bond motifs is 3. The Kier molecular flexibility index (Phi) is 4.08. The fraction of sp³-hybridized carbons (Fsp3) is 0.400. The molecule has 0 aromatic carbocycles. The average molecular weight is 380 g/mol. The van der Waals surface area contributed by atoms with Gasteiger partial charge in [-0.3, -0.25) is 4.98 Å². The molecule has 0 bridgehead atoms. The summed E-state index contributed by atoms with van der Waals surface area (Å²) in [5.41, 5.74) is 4.89. The maximum Gasteiger partial charge on any atom is 0.237 e. The standard InChI is InChI=1S/C20H21FN6O/c1-12-18(26(2)25-24-12)14-9-16-17(23-10-14)15-3-6-22-20(21)19(15)27(16)11-13-4-7-28-8-5-13/h3,6,9-10,13H,4-5,7-8,11H2,1-2H3. The van der Waals surface area contributed by atoms with Crippen LogP contribution < -0.4 is 0 Å². The molecule has 1 fully saturated rings. The number of aryl methyl sites for hydroxylation is 2. The van der Waals surface area contributed by atoms with Crippen molar-refractivity contribution in [3.63, 3.8) is 0 Å². The Morgan fingerprint density at radius 2 is 2.07 bits per heavy atom. The molecule has 5 rings (SSSR count). The highest BCUT2D eigenvalue weighted by Crippen LogP contribution is 2.33. The molecule has 28 heavy (non-hydrogen) atoms. The lowest BCUT2D eigenvalue weighted by Crippen LogP contribution is -2.20. The van der Waals surface area contributed by atoms with Gasteiger partial charge >= 0.3 is 0 Å². The summed E-state index contributed by atoms with van der Waals surface area (Å²) in [5, 5.41) is 9.03. The summed E-state index contributed by atoms with van der Waals surface area (Å²) in [6.45, 7) is 4.16. The topological polar surface area (TPSA) is 70.7 Å². The van der Waals surface area contributed by atoms with Crippen LogP contribution in [0.25, 0.3) is 33.2 Å². The van der Waals surface area contributed by atoms with Crippen LogP contribution in [-0.2, 0) is 18.3 Å². The number of hydrogen-bond donors (Lipinski definition) is 0. The molecular weight excluding hydrogens is 359 g/mol. The van der Waals surface area contributed by atoms with Crippen LogP contribution in [-0.4, -0.2) is 42.7 Å². The van der Waals surface area contributed by atoms with Gasteiger partial charge in [-0.15, -0.1) is 5.10 Å². The van der Waals surface area contributed by atoms with E-state index in [0.29, 0.717) is 11.4 Å². The van der Waals surface area contributed by atoms with Crippen LogP contribution in [0.2, 0.25) is 0 Å². The molecule has 0 unspecified atom stereocenters. The van der Waals surface area contributed by atoms with Crippen LogP contribution in [0.5, 0.6) is 0 Å². The Morgan fingerprint density at radius 1 is 1.25 bits per heavy atom. The van der Waals surface area contributed by atoms with E-state index < -0.39 is 5.95 Å². The molecule has 1 saturated heterocycles. The highest BCUT2D eigenvalue weighted by Gasteiger charge is 2.22. The van der Waals surface area contributed by atoms with E-state index >= 15 is 0 Å². The summed E-state index contributed by atoms with van der Waals surface area (Å²) in [5.74, 6) is -0.0154. The molecule has 4 aromatic heterocycles. The van der Waals surface area contributed by atoms with E-state index in [1.165, 1.54) is 6.20 Å². The van der Waals surface area contributed by atoms with Crippen molar-refractivity contribution in [2.45, 2.75) is 26.3 Å². The lowest BCUT2D eigenvalue weighted by atomic mass is 10.0. The predicted octanol–water partition coefficient (Wildman–Crippen LogP) is 3.25. The minimum absolute atomic E-state index is 0.441. The summed E-state index contributed by atoms with van der Waals surface area (Å²) in [7, 11) is 1.86. The first-order valence-corrected chi connectivity index (χ1v) is 9.50. The minimum Gasteiger partial charge on any atom is -0.381 e. The SMILES string of the molecule is Cc1nnn(C)c1-c1cnc2c3ccnc(F)c3n(CC3CCOCC3)c2c1. The van der Waals surface area contributed by atoms with E-state index in [0.717, 1.165) is 66.0 Å². The van der Waals surface area contributed by atoms with Crippen molar-refractivity contribution >= 4 is 21.9 Å². The van der Waals surface area contributed by atoms with Gasteiger partial charge in [-0.2, -0.15) is 4.39 Å². The molecule has 0 amide bonds. The molecule has 0 aliphatic carbocycles. The number of aromatic nitrogens is 6. The van der Waals surface area contributed by atoms with E-state index in [-0.39, 0.29) is 0 Å². The zero-order chi connectivity index (χ0) is 19.3. The summed E-state index contributed by atoms with van der Waals surface area (Å²) >= 11 is 0.